The lowest BCUT2D eigenvalue weighted by Crippen LogP contribution is -2.19. The molecule has 5 heteroatoms. The lowest BCUT2D eigenvalue weighted by molar-refractivity contribution is 0.414. The summed E-state index contributed by atoms with van der Waals surface area (Å²) in [7, 11) is 1.67. The fraction of sp³-hybridized carbons (Fsp3) is 0.250. The highest BCUT2D eigenvalue weighted by Gasteiger charge is 2.11. The van der Waals surface area contributed by atoms with Gasteiger partial charge in [-0.15, -0.1) is 0 Å². The number of hydrogen-bond donors (Lipinski definition) is 1. The normalized spacial score (nSPS) is 12.0. The maximum Gasteiger partial charge on any atom is 0.159 e. The van der Waals surface area contributed by atoms with Crippen molar-refractivity contribution in [3.8, 4) is 17.1 Å². The van der Waals surface area contributed by atoms with E-state index in [1.807, 2.05) is 37.4 Å². The molecule has 2 heterocycles. The molecule has 3 rings (SSSR count). The van der Waals surface area contributed by atoms with E-state index < -0.39 is 0 Å². The second kappa shape index (κ2) is 7.85. The van der Waals surface area contributed by atoms with Gasteiger partial charge < -0.3 is 10.1 Å². The summed E-state index contributed by atoms with van der Waals surface area (Å²) in [5, 5.41) is 3.52. The second-order valence-electron chi connectivity index (χ2n) is 5.92. The van der Waals surface area contributed by atoms with E-state index in [1.165, 1.54) is 5.56 Å². The van der Waals surface area contributed by atoms with Crippen LogP contribution in [0.4, 0.5) is 0 Å². The lowest BCUT2D eigenvalue weighted by Gasteiger charge is -2.16. The molecule has 1 atom stereocenters. The Balaban J connectivity index is 1.68. The zero-order valence-electron chi connectivity index (χ0n) is 14.7. The van der Waals surface area contributed by atoms with Gasteiger partial charge in [-0.25, -0.2) is 9.97 Å². The first-order valence-electron chi connectivity index (χ1n) is 8.27. The topological polar surface area (TPSA) is 59.9 Å². The van der Waals surface area contributed by atoms with Crippen molar-refractivity contribution in [3.05, 3.63) is 71.8 Å². The number of rotatable bonds is 6. The third-order valence-corrected chi connectivity index (χ3v) is 4.19. The van der Waals surface area contributed by atoms with Gasteiger partial charge in [0.25, 0.3) is 0 Å². The molecule has 0 aliphatic rings. The molecule has 3 aromatic rings. The Morgan fingerprint density at radius 1 is 1.08 bits per heavy atom. The minimum absolute atomic E-state index is 0.161. The molecule has 1 N–H and O–H groups in total. The van der Waals surface area contributed by atoms with E-state index in [0.717, 1.165) is 34.9 Å². The Kier molecular flexibility index (Phi) is 5.36. The Morgan fingerprint density at radius 3 is 2.44 bits per heavy atom. The number of benzene rings is 1. The van der Waals surface area contributed by atoms with Gasteiger partial charge in [-0.2, -0.15) is 0 Å². The summed E-state index contributed by atoms with van der Waals surface area (Å²) in [6.07, 6.45) is 5.41. The standard InChI is InChI=1S/C20H22N4O/c1-14(22-12-16-4-6-18(25-3)7-5-16)19-13-23-20(24-15(19)2)17-8-10-21-11-9-17/h4-11,13-14,22H,12H2,1-3H3. The molecule has 25 heavy (non-hydrogen) atoms. The molecule has 128 valence electrons. The van der Waals surface area contributed by atoms with Crippen molar-refractivity contribution in [3.63, 3.8) is 0 Å². The van der Waals surface area contributed by atoms with E-state index >= 15 is 0 Å². The SMILES string of the molecule is COc1ccc(CNC(C)c2cnc(-c3ccncc3)nc2C)cc1. The van der Waals surface area contributed by atoms with Crippen molar-refractivity contribution in [1.29, 1.82) is 0 Å². The van der Waals surface area contributed by atoms with Gasteiger partial charge in [0.15, 0.2) is 5.82 Å². The smallest absolute Gasteiger partial charge is 0.159 e. The predicted molar refractivity (Wildman–Crippen MR) is 98.2 cm³/mol. The number of pyridine rings is 1. The number of nitrogens with zero attached hydrogens (tertiary/aromatic N) is 3. The van der Waals surface area contributed by atoms with Crippen LogP contribution in [0.25, 0.3) is 11.4 Å². The number of aryl methyl sites for hydroxylation is 1. The van der Waals surface area contributed by atoms with Crippen LogP contribution < -0.4 is 10.1 Å². The van der Waals surface area contributed by atoms with Gasteiger partial charge in [-0.3, -0.25) is 4.98 Å². The summed E-state index contributed by atoms with van der Waals surface area (Å²) >= 11 is 0. The van der Waals surface area contributed by atoms with E-state index in [-0.39, 0.29) is 6.04 Å². The van der Waals surface area contributed by atoms with Crippen molar-refractivity contribution in [2.45, 2.75) is 26.4 Å². The molecule has 0 aliphatic carbocycles. The van der Waals surface area contributed by atoms with Crippen LogP contribution in [-0.2, 0) is 6.54 Å². The van der Waals surface area contributed by atoms with Gasteiger partial charge in [0.1, 0.15) is 5.75 Å². The molecule has 0 aliphatic heterocycles. The van der Waals surface area contributed by atoms with Crippen molar-refractivity contribution >= 4 is 0 Å². The number of ether oxygens (including phenoxy) is 1. The van der Waals surface area contributed by atoms with Crippen LogP contribution in [0.1, 0.15) is 29.8 Å². The number of methoxy groups -OCH3 is 1. The predicted octanol–water partition coefficient (Wildman–Crippen LogP) is 3.71. The minimum atomic E-state index is 0.161. The van der Waals surface area contributed by atoms with Gasteiger partial charge in [-0.05, 0) is 43.7 Å². The quantitative estimate of drug-likeness (QED) is 0.745. The highest BCUT2D eigenvalue weighted by atomic mass is 16.5. The average molecular weight is 334 g/mol. The zero-order chi connectivity index (χ0) is 17.6. The van der Waals surface area contributed by atoms with E-state index in [9.17, 15) is 0 Å². The van der Waals surface area contributed by atoms with Crippen LogP contribution in [0.3, 0.4) is 0 Å². The maximum atomic E-state index is 5.19. The van der Waals surface area contributed by atoms with Crippen molar-refractivity contribution in [2.75, 3.05) is 7.11 Å². The molecule has 0 amide bonds. The van der Waals surface area contributed by atoms with Gasteiger partial charge in [-0.1, -0.05) is 12.1 Å². The Morgan fingerprint density at radius 2 is 1.80 bits per heavy atom. The molecule has 1 aromatic carbocycles. The van der Waals surface area contributed by atoms with Crippen molar-refractivity contribution < 1.29 is 4.74 Å². The molecular weight excluding hydrogens is 312 g/mol. The summed E-state index contributed by atoms with van der Waals surface area (Å²) in [6.45, 7) is 4.92. The van der Waals surface area contributed by atoms with Crippen LogP contribution in [0.5, 0.6) is 5.75 Å². The van der Waals surface area contributed by atoms with Gasteiger partial charge in [0.2, 0.25) is 0 Å². The molecule has 2 aromatic heterocycles. The average Bonchev–Trinajstić information content (AvgIpc) is 2.67. The lowest BCUT2D eigenvalue weighted by atomic mass is 10.1. The van der Waals surface area contributed by atoms with Crippen LogP contribution in [0, 0.1) is 6.92 Å². The third kappa shape index (κ3) is 4.19. The molecule has 5 nitrogen and oxygen atoms in total. The summed E-state index contributed by atoms with van der Waals surface area (Å²) in [6, 6.07) is 12.1. The van der Waals surface area contributed by atoms with Crippen molar-refractivity contribution in [1.82, 2.24) is 20.3 Å². The van der Waals surface area contributed by atoms with Crippen LogP contribution in [0.2, 0.25) is 0 Å². The van der Waals surface area contributed by atoms with E-state index in [0.29, 0.717) is 0 Å². The first-order valence-corrected chi connectivity index (χ1v) is 8.27. The van der Waals surface area contributed by atoms with Crippen LogP contribution in [0.15, 0.2) is 55.0 Å². The Bertz CT molecular complexity index is 819. The molecule has 0 spiro atoms. The number of aromatic nitrogens is 3. The molecular formula is C20H22N4O. The van der Waals surface area contributed by atoms with Crippen LogP contribution in [-0.4, -0.2) is 22.1 Å². The Labute approximate surface area is 148 Å². The third-order valence-electron chi connectivity index (χ3n) is 4.19. The summed E-state index contributed by atoms with van der Waals surface area (Å²) in [4.78, 5) is 13.2. The number of hydrogen-bond acceptors (Lipinski definition) is 5. The van der Waals surface area contributed by atoms with Gasteiger partial charge in [0.05, 0.1) is 7.11 Å². The fourth-order valence-electron chi connectivity index (χ4n) is 2.67. The molecule has 0 saturated carbocycles. The largest absolute Gasteiger partial charge is 0.497 e. The summed E-state index contributed by atoms with van der Waals surface area (Å²) in [5.41, 5.74) is 4.27. The highest BCUT2D eigenvalue weighted by molar-refractivity contribution is 5.53. The molecule has 0 saturated heterocycles. The van der Waals surface area contributed by atoms with Crippen LogP contribution >= 0.6 is 0 Å². The first kappa shape index (κ1) is 17.0. The van der Waals surface area contributed by atoms with Crippen molar-refractivity contribution in [2.24, 2.45) is 0 Å². The maximum absolute atomic E-state index is 5.19. The van der Waals surface area contributed by atoms with E-state index in [4.69, 9.17) is 4.74 Å². The first-order chi connectivity index (χ1) is 12.2. The zero-order valence-corrected chi connectivity index (χ0v) is 14.7. The van der Waals surface area contributed by atoms with E-state index in [2.05, 4.69) is 39.3 Å². The summed E-state index contributed by atoms with van der Waals surface area (Å²) in [5.74, 6) is 1.60. The monoisotopic (exact) mass is 334 g/mol. The van der Waals surface area contributed by atoms with Gasteiger partial charge in [0, 0.05) is 48.0 Å². The summed E-state index contributed by atoms with van der Waals surface area (Å²) < 4.78 is 5.19. The molecule has 1 unspecified atom stereocenters. The number of nitrogens with one attached hydrogen (secondary N) is 1. The highest BCUT2D eigenvalue weighted by Crippen LogP contribution is 2.20. The van der Waals surface area contributed by atoms with Gasteiger partial charge >= 0.3 is 0 Å². The fourth-order valence-corrected chi connectivity index (χ4v) is 2.67. The molecule has 0 fully saturated rings. The molecule has 0 radical (unpaired) electrons. The van der Waals surface area contributed by atoms with E-state index in [1.54, 1.807) is 19.5 Å². The second-order valence-corrected chi connectivity index (χ2v) is 5.92. The minimum Gasteiger partial charge on any atom is -0.497 e. The Hall–Kier alpha value is -2.79. The molecule has 0 bridgehead atoms.